The Morgan fingerprint density at radius 1 is 1.25 bits per heavy atom. The molecule has 1 aliphatic heterocycles. The van der Waals surface area contributed by atoms with Crippen LogP contribution in [0.3, 0.4) is 0 Å². The van der Waals surface area contributed by atoms with Crippen molar-refractivity contribution < 1.29 is 14.4 Å². The summed E-state index contributed by atoms with van der Waals surface area (Å²) in [7, 11) is 1.44. The van der Waals surface area contributed by atoms with Gasteiger partial charge in [0.2, 0.25) is 5.91 Å². The molecule has 6 heteroatoms. The minimum absolute atomic E-state index is 0.242. The molecule has 0 saturated heterocycles. The summed E-state index contributed by atoms with van der Waals surface area (Å²) < 4.78 is 0. The number of imide groups is 1. The molecule has 3 N–H and O–H groups in total. The van der Waals surface area contributed by atoms with Gasteiger partial charge in [-0.25, -0.2) is 0 Å². The number of hydrogen-bond acceptors (Lipinski definition) is 4. The van der Waals surface area contributed by atoms with Crippen LogP contribution in [0, 0.1) is 0 Å². The third kappa shape index (κ3) is 1.72. The van der Waals surface area contributed by atoms with Crippen molar-refractivity contribution >= 4 is 23.4 Å². The van der Waals surface area contributed by atoms with Gasteiger partial charge in [-0.1, -0.05) is 0 Å². The Labute approximate surface area is 115 Å². The number of carbonyl (C=O) groups is 3. The van der Waals surface area contributed by atoms with E-state index in [4.69, 9.17) is 5.73 Å². The summed E-state index contributed by atoms with van der Waals surface area (Å²) in [5.74, 6) is -0.918. The van der Waals surface area contributed by atoms with Crippen molar-refractivity contribution in [3.05, 3.63) is 29.3 Å². The highest BCUT2D eigenvalue weighted by molar-refractivity contribution is 6.21. The monoisotopic (exact) mass is 273 g/mol. The van der Waals surface area contributed by atoms with E-state index in [2.05, 4.69) is 5.32 Å². The molecular formula is C14H15N3O3. The van der Waals surface area contributed by atoms with Gasteiger partial charge in [0.05, 0.1) is 16.7 Å². The molecule has 1 fully saturated rings. The second kappa shape index (κ2) is 4.14. The van der Waals surface area contributed by atoms with Crippen molar-refractivity contribution in [2.45, 2.75) is 24.8 Å². The molecule has 2 aliphatic rings. The van der Waals surface area contributed by atoms with Crippen molar-refractivity contribution in [1.82, 2.24) is 4.90 Å². The van der Waals surface area contributed by atoms with Gasteiger partial charge in [-0.3, -0.25) is 19.3 Å². The van der Waals surface area contributed by atoms with E-state index in [1.807, 2.05) is 0 Å². The topological polar surface area (TPSA) is 92.5 Å². The number of fused-ring (bicyclic) bond motifs is 1. The maximum Gasteiger partial charge on any atom is 0.261 e. The Hall–Kier alpha value is -2.21. The first kappa shape index (κ1) is 12.8. The molecule has 1 heterocycles. The fraction of sp³-hybridized carbons (Fsp3) is 0.357. The van der Waals surface area contributed by atoms with Crippen molar-refractivity contribution in [3.63, 3.8) is 0 Å². The molecule has 0 bridgehead atoms. The van der Waals surface area contributed by atoms with Gasteiger partial charge in [0.15, 0.2) is 0 Å². The molecule has 3 rings (SSSR count). The number of benzene rings is 1. The SMILES string of the molecule is CN1C(=O)c2ccc(NC(=O)C3(N)CCC3)cc2C1=O. The lowest BCUT2D eigenvalue weighted by atomic mass is 9.77. The minimum Gasteiger partial charge on any atom is -0.324 e. The molecule has 0 spiro atoms. The number of nitrogens with two attached hydrogens (primary N) is 1. The molecular weight excluding hydrogens is 258 g/mol. The first-order chi connectivity index (χ1) is 9.42. The fourth-order valence-electron chi connectivity index (χ4n) is 2.48. The Morgan fingerprint density at radius 2 is 1.90 bits per heavy atom. The van der Waals surface area contributed by atoms with Gasteiger partial charge in [-0.2, -0.15) is 0 Å². The van der Waals surface area contributed by atoms with E-state index in [0.717, 1.165) is 11.3 Å². The Balaban J connectivity index is 1.85. The van der Waals surface area contributed by atoms with Crippen LogP contribution >= 0.6 is 0 Å². The molecule has 0 aromatic heterocycles. The van der Waals surface area contributed by atoms with Crippen molar-refractivity contribution in [2.24, 2.45) is 5.73 Å². The first-order valence-corrected chi connectivity index (χ1v) is 6.49. The zero-order valence-electron chi connectivity index (χ0n) is 11.1. The smallest absolute Gasteiger partial charge is 0.261 e. The van der Waals surface area contributed by atoms with Gasteiger partial charge in [0.25, 0.3) is 11.8 Å². The highest BCUT2D eigenvalue weighted by Gasteiger charge is 2.40. The fourth-order valence-corrected chi connectivity index (χ4v) is 2.48. The molecule has 1 aromatic rings. The molecule has 0 radical (unpaired) electrons. The van der Waals surface area contributed by atoms with Gasteiger partial charge < -0.3 is 11.1 Å². The van der Waals surface area contributed by atoms with Gasteiger partial charge in [-0.05, 0) is 37.5 Å². The van der Waals surface area contributed by atoms with E-state index in [0.29, 0.717) is 29.7 Å². The summed E-state index contributed by atoms with van der Waals surface area (Å²) >= 11 is 0. The van der Waals surface area contributed by atoms with Crippen LogP contribution in [-0.2, 0) is 4.79 Å². The van der Waals surface area contributed by atoms with Crippen LogP contribution in [0.1, 0.15) is 40.0 Å². The Morgan fingerprint density at radius 3 is 2.50 bits per heavy atom. The average molecular weight is 273 g/mol. The third-order valence-corrected chi connectivity index (χ3v) is 4.05. The van der Waals surface area contributed by atoms with E-state index < -0.39 is 5.54 Å². The lowest BCUT2D eigenvalue weighted by Gasteiger charge is -2.36. The van der Waals surface area contributed by atoms with Gasteiger partial charge in [-0.15, -0.1) is 0 Å². The summed E-state index contributed by atoms with van der Waals surface area (Å²) in [4.78, 5) is 36.7. The molecule has 0 atom stereocenters. The van der Waals surface area contributed by atoms with E-state index in [1.54, 1.807) is 12.1 Å². The molecule has 1 aliphatic carbocycles. The average Bonchev–Trinajstić information content (AvgIpc) is 2.61. The highest BCUT2D eigenvalue weighted by Crippen LogP contribution is 2.31. The zero-order valence-corrected chi connectivity index (χ0v) is 11.1. The maximum atomic E-state index is 12.0. The minimum atomic E-state index is -0.796. The van der Waals surface area contributed by atoms with Gasteiger partial charge >= 0.3 is 0 Å². The normalized spacial score (nSPS) is 19.6. The largest absolute Gasteiger partial charge is 0.324 e. The molecule has 104 valence electrons. The van der Waals surface area contributed by atoms with Crippen molar-refractivity contribution in [1.29, 1.82) is 0 Å². The van der Waals surface area contributed by atoms with Crippen LogP contribution in [0.5, 0.6) is 0 Å². The van der Waals surface area contributed by atoms with Gasteiger partial charge in [0, 0.05) is 12.7 Å². The van der Waals surface area contributed by atoms with Gasteiger partial charge in [0.1, 0.15) is 0 Å². The van der Waals surface area contributed by atoms with E-state index >= 15 is 0 Å². The molecule has 1 saturated carbocycles. The number of anilines is 1. The summed E-state index contributed by atoms with van der Waals surface area (Å²) in [5, 5.41) is 2.72. The molecule has 20 heavy (non-hydrogen) atoms. The summed E-state index contributed by atoms with van der Waals surface area (Å²) in [6.45, 7) is 0. The molecule has 1 aromatic carbocycles. The van der Waals surface area contributed by atoms with Crippen LogP contribution in [-0.4, -0.2) is 35.2 Å². The Kier molecular flexibility index (Phi) is 2.65. The summed E-state index contributed by atoms with van der Waals surface area (Å²) in [5.41, 5.74) is 6.31. The number of nitrogens with zero attached hydrogens (tertiary/aromatic N) is 1. The third-order valence-electron chi connectivity index (χ3n) is 4.05. The molecule has 0 unspecified atom stereocenters. The number of nitrogens with one attached hydrogen (secondary N) is 1. The lowest BCUT2D eigenvalue weighted by Crippen LogP contribution is -2.56. The predicted molar refractivity (Wildman–Crippen MR) is 72.3 cm³/mol. The van der Waals surface area contributed by atoms with Crippen molar-refractivity contribution in [3.8, 4) is 0 Å². The predicted octanol–water partition coefficient (Wildman–Crippen LogP) is 0.732. The second-order valence-electron chi connectivity index (χ2n) is 5.39. The summed E-state index contributed by atoms with van der Waals surface area (Å²) in [6.07, 6.45) is 2.29. The maximum absolute atomic E-state index is 12.0. The standard InChI is InChI=1S/C14H15N3O3/c1-17-11(18)9-4-3-8(7-10(9)12(17)19)16-13(20)14(15)5-2-6-14/h3-4,7H,2,5-6,15H2,1H3,(H,16,20). The van der Waals surface area contributed by atoms with E-state index in [1.165, 1.54) is 13.1 Å². The van der Waals surface area contributed by atoms with Crippen LogP contribution in [0.25, 0.3) is 0 Å². The lowest BCUT2D eigenvalue weighted by molar-refractivity contribution is -0.123. The summed E-state index contributed by atoms with van der Waals surface area (Å²) in [6, 6.07) is 4.70. The number of carbonyl (C=O) groups excluding carboxylic acids is 3. The van der Waals surface area contributed by atoms with Crippen LogP contribution < -0.4 is 11.1 Å². The quantitative estimate of drug-likeness (QED) is 0.777. The van der Waals surface area contributed by atoms with Crippen molar-refractivity contribution in [2.75, 3.05) is 12.4 Å². The second-order valence-corrected chi connectivity index (χ2v) is 5.39. The molecule has 6 nitrogen and oxygen atoms in total. The molecule has 3 amide bonds. The zero-order chi connectivity index (χ0) is 14.5. The van der Waals surface area contributed by atoms with E-state index in [-0.39, 0.29) is 17.7 Å². The van der Waals surface area contributed by atoms with Crippen LogP contribution in [0.2, 0.25) is 0 Å². The first-order valence-electron chi connectivity index (χ1n) is 6.49. The number of rotatable bonds is 2. The van der Waals surface area contributed by atoms with Crippen LogP contribution in [0.4, 0.5) is 5.69 Å². The number of amides is 3. The number of hydrogen-bond donors (Lipinski definition) is 2. The van der Waals surface area contributed by atoms with E-state index in [9.17, 15) is 14.4 Å². The Bertz CT molecular complexity index is 635. The highest BCUT2D eigenvalue weighted by atomic mass is 16.2. The van der Waals surface area contributed by atoms with Crippen LogP contribution in [0.15, 0.2) is 18.2 Å².